The predicted octanol–water partition coefficient (Wildman–Crippen LogP) is 2.46. The first-order chi connectivity index (χ1) is 12.7. The molecule has 1 atom stereocenters. The van der Waals surface area contributed by atoms with Crippen molar-refractivity contribution in [3.8, 4) is 0 Å². The van der Waals surface area contributed by atoms with Crippen molar-refractivity contribution in [3.05, 3.63) is 18.0 Å². The van der Waals surface area contributed by atoms with E-state index in [1.54, 1.807) is 0 Å². The lowest BCUT2D eigenvalue weighted by atomic mass is 9.84. The second-order valence-corrected chi connectivity index (χ2v) is 7.55. The lowest BCUT2D eigenvalue weighted by molar-refractivity contribution is 0.127. The number of nitrogens with zero attached hydrogens (tertiary/aromatic N) is 3. The topological polar surface area (TPSA) is 83.7 Å². The van der Waals surface area contributed by atoms with Crippen LogP contribution in [0.1, 0.15) is 57.2 Å². The number of rotatable bonds is 8. The Kier molecular flexibility index (Phi) is 9.31. The van der Waals surface area contributed by atoms with Crippen molar-refractivity contribution in [2.75, 3.05) is 32.9 Å². The van der Waals surface area contributed by atoms with Crippen LogP contribution in [0.15, 0.2) is 17.3 Å². The third-order valence-corrected chi connectivity index (χ3v) is 5.56. The third-order valence-electron chi connectivity index (χ3n) is 5.56. The molecule has 8 heteroatoms. The molecule has 0 aromatic carbocycles. The van der Waals surface area contributed by atoms with E-state index in [0.29, 0.717) is 19.2 Å². The van der Waals surface area contributed by atoms with E-state index in [2.05, 4.69) is 34.5 Å². The Morgan fingerprint density at radius 1 is 1.41 bits per heavy atom. The van der Waals surface area contributed by atoms with Crippen LogP contribution in [0, 0.1) is 5.41 Å². The fourth-order valence-corrected chi connectivity index (χ4v) is 3.92. The Hall–Kier alpha value is -0.870. The smallest absolute Gasteiger partial charge is 0.191 e. The molecule has 0 amide bonds. The zero-order chi connectivity index (χ0) is 18.2. The minimum atomic E-state index is 0. The normalized spacial score (nSPS) is 23.4. The number of hydrogen-bond donors (Lipinski definition) is 3. The van der Waals surface area contributed by atoms with E-state index in [1.807, 2.05) is 0 Å². The van der Waals surface area contributed by atoms with Gasteiger partial charge < -0.3 is 20.5 Å². The van der Waals surface area contributed by atoms with Crippen molar-refractivity contribution in [2.24, 2.45) is 10.4 Å². The number of halogens is 1. The van der Waals surface area contributed by atoms with Gasteiger partial charge in [-0.05, 0) is 38.7 Å². The van der Waals surface area contributed by atoms with Crippen LogP contribution < -0.4 is 10.6 Å². The lowest BCUT2D eigenvalue weighted by Crippen LogP contribution is -2.44. The van der Waals surface area contributed by atoms with Crippen LogP contribution in [0.25, 0.3) is 0 Å². The molecule has 1 aromatic heterocycles. The van der Waals surface area contributed by atoms with Gasteiger partial charge in [0.1, 0.15) is 0 Å². The highest BCUT2D eigenvalue weighted by atomic mass is 127. The minimum Gasteiger partial charge on any atom is -0.396 e. The second kappa shape index (κ2) is 11.2. The van der Waals surface area contributed by atoms with E-state index in [4.69, 9.17) is 14.8 Å². The van der Waals surface area contributed by atoms with Crippen LogP contribution >= 0.6 is 24.0 Å². The zero-order valence-electron chi connectivity index (χ0n) is 16.3. The van der Waals surface area contributed by atoms with Crippen LogP contribution in [0.3, 0.4) is 0 Å². The van der Waals surface area contributed by atoms with Gasteiger partial charge in [0.05, 0.1) is 24.9 Å². The molecule has 2 fully saturated rings. The summed E-state index contributed by atoms with van der Waals surface area (Å²) >= 11 is 0. The van der Waals surface area contributed by atoms with Gasteiger partial charge in [0.25, 0.3) is 0 Å². The van der Waals surface area contributed by atoms with E-state index in [0.717, 1.165) is 44.2 Å². The average Bonchev–Trinajstić information content (AvgIpc) is 3.39. The summed E-state index contributed by atoms with van der Waals surface area (Å²) in [5.41, 5.74) is 1.01. The standard InChI is InChI=1S/C19H33N5O2.HI/c1-2-20-18(22-14-19(8-11-25)9-12-26-15-19)21-13-16-7-10-24(23-16)17-5-3-4-6-17;/h7,10,17,25H,2-6,8-9,11-15H2,1H3,(H2,20,21,22);1H. The van der Waals surface area contributed by atoms with Gasteiger partial charge in [-0.1, -0.05) is 12.8 Å². The summed E-state index contributed by atoms with van der Waals surface area (Å²) in [6.45, 7) is 5.87. The highest BCUT2D eigenvalue weighted by molar-refractivity contribution is 14.0. The monoisotopic (exact) mass is 491 g/mol. The zero-order valence-corrected chi connectivity index (χ0v) is 18.7. The molecule has 0 bridgehead atoms. The van der Waals surface area contributed by atoms with Gasteiger partial charge in [-0.3, -0.25) is 4.68 Å². The lowest BCUT2D eigenvalue weighted by Gasteiger charge is -2.27. The Morgan fingerprint density at radius 3 is 2.89 bits per heavy atom. The molecule has 27 heavy (non-hydrogen) atoms. The molecule has 154 valence electrons. The molecule has 0 radical (unpaired) electrons. The minimum absolute atomic E-state index is 0. The van der Waals surface area contributed by atoms with Gasteiger partial charge in [-0.2, -0.15) is 5.10 Å². The van der Waals surface area contributed by atoms with Crippen LogP contribution in [-0.4, -0.2) is 53.8 Å². The van der Waals surface area contributed by atoms with Crippen LogP contribution in [0.4, 0.5) is 0 Å². The fourth-order valence-electron chi connectivity index (χ4n) is 3.92. The summed E-state index contributed by atoms with van der Waals surface area (Å²) in [6, 6.07) is 2.64. The van der Waals surface area contributed by atoms with E-state index in [-0.39, 0.29) is 36.0 Å². The van der Waals surface area contributed by atoms with Crippen molar-refractivity contribution < 1.29 is 9.84 Å². The maximum absolute atomic E-state index is 9.36. The van der Waals surface area contributed by atoms with Crippen molar-refractivity contribution in [3.63, 3.8) is 0 Å². The first-order valence-corrected chi connectivity index (χ1v) is 9.99. The first-order valence-electron chi connectivity index (χ1n) is 9.99. The SMILES string of the molecule is CCNC(=NCc1ccn(C2CCCC2)n1)NCC1(CCO)CCOC1.I. The molecule has 1 aliphatic carbocycles. The Balaban J connectivity index is 0.00000261. The number of guanidine groups is 1. The Bertz CT molecular complexity index is 580. The molecule has 1 unspecified atom stereocenters. The number of hydrogen-bond acceptors (Lipinski definition) is 4. The molecule has 2 aliphatic rings. The van der Waals surface area contributed by atoms with Gasteiger partial charge in [-0.15, -0.1) is 24.0 Å². The molecular formula is C19H34IN5O2. The molecule has 0 spiro atoms. The highest BCUT2D eigenvalue weighted by Gasteiger charge is 2.34. The van der Waals surface area contributed by atoms with E-state index in [1.165, 1.54) is 25.7 Å². The van der Waals surface area contributed by atoms with Crippen molar-refractivity contribution in [1.82, 2.24) is 20.4 Å². The van der Waals surface area contributed by atoms with Crippen LogP contribution in [0.2, 0.25) is 0 Å². The van der Waals surface area contributed by atoms with Crippen LogP contribution in [-0.2, 0) is 11.3 Å². The predicted molar refractivity (Wildman–Crippen MR) is 118 cm³/mol. The molecule has 2 heterocycles. The Labute approximate surface area is 179 Å². The van der Waals surface area contributed by atoms with Gasteiger partial charge in [0, 0.05) is 37.9 Å². The van der Waals surface area contributed by atoms with Crippen molar-refractivity contribution in [2.45, 2.75) is 58.0 Å². The summed E-state index contributed by atoms with van der Waals surface area (Å²) in [6.07, 6.45) is 8.93. The van der Waals surface area contributed by atoms with Crippen molar-refractivity contribution in [1.29, 1.82) is 0 Å². The summed E-state index contributed by atoms with van der Waals surface area (Å²) in [4.78, 5) is 4.69. The fraction of sp³-hybridized carbons (Fsp3) is 0.789. The number of aliphatic hydroxyl groups excluding tert-OH is 1. The van der Waals surface area contributed by atoms with E-state index in [9.17, 15) is 5.11 Å². The van der Waals surface area contributed by atoms with Gasteiger partial charge >= 0.3 is 0 Å². The van der Waals surface area contributed by atoms with Gasteiger partial charge in [0.15, 0.2) is 5.96 Å². The molecule has 1 aromatic rings. The molecule has 1 saturated carbocycles. The number of ether oxygens (including phenoxy) is 1. The number of aliphatic imine (C=N–C) groups is 1. The molecule has 3 N–H and O–H groups in total. The summed E-state index contributed by atoms with van der Waals surface area (Å²) in [5.74, 6) is 0.798. The first kappa shape index (κ1) is 22.4. The molecule has 1 aliphatic heterocycles. The highest BCUT2D eigenvalue weighted by Crippen LogP contribution is 2.31. The molecule has 1 saturated heterocycles. The number of aromatic nitrogens is 2. The maximum Gasteiger partial charge on any atom is 0.191 e. The summed E-state index contributed by atoms with van der Waals surface area (Å²) in [5, 5.41) is 20.8. The second-order valence-electron chi connectivity index (χ2n) is 7.55. The Morgan fingerprint density at radius 2 is 2.22 bits per heavy atom. The number of nitrogens with one attached hydrogen (secondary N) is 2. The number of aliphatic hydroxyl groups is 1. The maximum atomic E-state index is 9.36. The third kappa shape index (κ3) is 6.32. The van der Waals surface area contributed by atoms with Gasteiger partial charge in [0.2, 0.25) is 0 Å². The van der Waals surface area contributed by atoms with Crippen molar-refractivity contribution >= 4 is 29.9 Å². The molecule has 3 rings (SSSR count). The molecule has 7 nitrogen and oxygen atoms in total. The van der Waals surface area contributed by atoms with E-state index >= 15 is 0 Å². The quantitative estimate of drug-likeness (QED) is 0.296. The molecular weight excluding hydrogens is 457 g/mol. The summed E-state index contributed by atoms with van der Waals surface area (Å²) < 4.78 is 7.68. The largest absolute Gasteiger partial charge is 0.396 e. The van der Waals surface area contributed by atoms with E-state index < -0.39 is 0 Å². The average molecular weight is 491 g/mol. The van der Waals surface area contributed by atoms with Crippen LogP contribution in [0.5, 0.6) is 0 Å². The summed E-state index contributed by atoms with van der Waals surface area (Å²) in [7, 11) is 0. The van der Waals surface area contributed by atoms with Gasteiger partial charge in [-0.25, -0.2) is 4.99 Å².